The van der Waals surface area contributed by atoms with Crippen LogP contribution in [0.5, 0.6) is 0 Å². The number of hydrogen-bond donors (Lipinski definition) is 1. The minimum Gasteiger partial charge on any atom is -0.369 e. The lowest BCUT2D eigenvalue weighted by Gasteiger charge is -2.19. The van der Waals surface area contributed by atoms with E-state index >= 15 is 0 Å². The monoisotopic (exact) mass is 319 g/mol. The van der Waals surface area contributed by atoms with Gasteiger partial charge in [0.05, 0.1) is 17.6 Å². The van der Waals surface area contributed by atoms with Crippen molar-refractivity contribution in [3.63, 3.8) is 0 Å². The third-order valence-corrected chi connectivity index (χ3v) is 3.54. The SMILES string of the molecule is C[C@@H](N)c1ccc(N(C)Cc2ccc(Br)cc2)cn1. The van der Waals surface area contributed by atoms with Crippen LogP contribution in [0, 0.1) is 0 Å². The predicted octanol–water partition coefficient (Wildman–Crippen LogP) is 3.50. The van der Waals surface area contributed by atoms with Gasteiger partial charge in [0.1, 0.15) is 0 Å². The maximum Gasteiger partial charge on any atom is 0.0569 e. The molecule has 4 heteroatoms. The molecule has 0 aliphatic carbocycles. The van der Waals surface area contributed by atoms with Gasteiger partial charge in [0, 0.05) is 24.1 Å². The van der Waals surface area contributed by atoms with Crippen LogP contribution in [0.4, 0.5) is 5.69 Å². The fourth-order valence-electron chi connectivity index (χ4n) is 1.85. The number of nitrogens with two attached hydrogens (primary N) is 1. The number of anilines is 1. The lowest BCUT2D eigenvalue weighted by Crippen LogP contribution is -2.17. The molecule has 0 aliphatic heterocycles. The molecule has 2 aromatic rings. The minimum atomic E-state index is -0.0224. The van der Waals surface area contributed by atoms with Crippen LogP contribution < -0.4 is 10.6 Å². The van der Waals surface area contributed by atoms with Crippen molar-refractivity contribution in [3.8, 4) is 0 Å². The maximum atomic E-state index is 5.80. The molecule has 0 saturated heterocycles. The van der Waals surface area contributed by atoms with Crippen LogP contribution in [0.25, 0.3) is 0 Å². The molecule has 1 aromatic carbocycles. The lowest BCUT2D eigenvalue weighted by molar-refractivity contribution is 0.779. The molecule has 0 amide bonds. The van der Waals surface area contributed by atoms with Crippen molar-refractivity contribution in [1.82, 2.24) is 4.98 Å². The molecular weight excluding hydrogens is 302 g/mol. The fraction of sp³-hybridized carbons (Fsp3) is 0.267. The number of rotatable bonds is 4. The number of aromatic nitrogens is 1. The summed E-state index contributed by atoms with van der Waals surface area (Å²) in [5.41, 5.74) is 9.07. The van der Waals surface area contributed by atoms with Crippen LogP contribution in [-0.4, -0.2) is 12.0 Å². The Kier molecular flexibility index (Phi) is 4.56. The number of hydrogen-bond acceptors (Lipinski definition) is 3. The van der Waals surface area contributed by atoms with Crippen molar-refractivity contribution in [2.45, 2.75) is 19.5 Å². The van der Waals surface area contributed by atoms with Crippen LogP contribution in [0.15, 0.2) is 47.1 Å². The topological polar surface area (TPSA) is 42.1 Å². The molecule has 2 rings (SSSR count). The van der Waals surface area contributed by atoms with E-state index in [1.54, 1.807) is 0 Å². The molecule has 2 N–H and O–H groups in total. The van der Waals surface area contributed by atoms with Crippen molar-refractivity contribution in [3.05, 3.63) is 58.3 Å². The summed E-state index contributed by atoms with van der Waals surface area (Å²) in [7, 11) is 2.06. The highest BCUT2D eigenvalue weighted by atomic mass is 79.9. The first-order chi connectivity index (χ1) is 9.06. The van der Waals surface area contributed by atoms with Crippen LogP contribution in [-0.2, 0) is 6.54 Å². The van der Waals surface area contributed by atoms with Gasteiger partial charge in [-0.25, -0.2) is 0 Å². The summed E-state index contributed by atoms with van der Waals surface area (Å²) in [5.74, 6) is 0. The maximum absolute atomic E-state index is 5.80. The molecule has 1 aromatic heterocycles. The Morgan fingerprint density at radius 1 is 1.21 bits per heavy atom. The van der Waals surface area contributed by atoms with Crippen LogP contribution >= 0.6 is 15.9 Å². The largest absolute Gasteiger partial charge is 0.369 e. The lowest BCUT2D eigenvalue weighted by atomic mass is 10.2. The first kappa shape index (κ1) is 14.0. The van der Waals surface area contributed by atoms with Crippen LogP contribution in [0.2, 0.25) is 0 Å². The molecule has 0 radical (unpaired) electrons. The zero-order valence-corrected chi connectivity index (χ0v) is 12.8. The number of halogens is 1. The second-order valence-electron chi connectivity index (χ2n) is 4.71. The normalized spacial score (nSPS) is 12.2. The average molecular weight is 320 g/mol. The summed E-state index contributed by atoms with van der Waals surface area (Å²) < 4.78 is 1.10. The molecule has 0 spiro atoms. The van der Waals surface area contributed by atoms with E-state index in [1.807, 2.05) is 19.2 Å². The van der Waals surface area contributed by atoms with Crippen LogP contribution in [0.1, 0.15) is 24.2 Å². The number of pyridine rings is 1. The molecule has 3 nitrogen and oxygen atoms in total. The van der Waals surface area contributed by atoms with Gasteiger partial charge >= 0.3 is 0 Å². The van der Waals surface area contributed by atoms with E-state index < -0.39 is 0 Å². The van der Waals surface area contributed by atoms with Crippen molar-refractivity contribution < 1.29 is 0 Å². The smallest absolute Gasteiger partial charge is 0.0569 e. The van der Waals surface area contributed by atoms with E-state index in [2.05, 4.69) is 63.2 Å². The van der Waals surface area contributed by atoms with Gasteiger partial charge in [0.25, 0.3) is 0 Å². The van der Waals surface area contributed by atoms with Gasteiger partial charge in [-0.3, -0.25) is 4.98 Å². The van der Waals surface area contributed by atoms with Crippen molar-refractivity contribution in [1.29, 1.82) is 0 Å². The van der Waals surface area contributed by atoms with Crippen LogP contribution in [0.3, 0.4) is 0 Å². The molecule has 1 heterocycles. The molecule has 0 saturated carbocycles. The Morgan fingerprint density at radius 2 is 1.89 bits per heavy atom. The highest BCUT2D eigenvalue weighted by molar-refractivity contribution is 9.10. The van der Waals surface area contributed by atoms with Gasteiger partial charge in [-0.15, -0.1) is 0 Å². The molecule has 19 heavy (non-hydrogen) atoms. The Labute approximate surface area is 122 Å². The average Bonchev–Trinajstić information content (AvgIpc) is 2.41. The summed E-state index contributed by atoms with van der Waals surface area (Å²) in [4.78, 5) is 6.55. The van der Waals surface area contributed by atoms with Gasteiger partial charge in [-0.2, -0.15) is 0 Å². The Bertz CT molecular complexity index is 520. The molecule has 1 atom stereocenters. The first-order valence-corrected chi connectivity index (χ1v) is 7.02. The highest BCUT2D eigenvalue weighted by Crippen LogP contribution is 2.17. The fourth-order valence-corrected chi connectivity index (χ4v) is 2.11. The van der Waals surface area contributed by atoms with E-state index in [4.69, 9.17) is 5.73 Å². The second-order valence-corrected chi connectivity index (χ2v) is 5.63. The Morgan fingerprint density at radius 3 is 2.42 bits per heavy atom. The van der Waals surface area contributed by atoms with Gasteiger partial charge in [0.2, 0.25) is 0 Å². The van der Waals surface area contributed by atoms with Gasteiger partial charge in [-0.1, -0.05) is 28.1 Å². The first-order valence-electron chi connectivity index (χ1n) is 6.23. The summed E-state index contributed by atoms with van der Waals surface area (Å²) in [6.07, 6.45) is 1.87. The van der Waals surface area contributed by atoms with Crippen molar-refractivity contribution in [2.75, 3.05) is 11.9 Å². The van der Waals surface area contributed by atoms with Gasteiger partial charge < -0.3 is 10.6 Å². The molecule has 0 unspecified atom stereocenters. The summed E-state index contributed by atoms with van der Waals surface area (Å²) in [6.45, 7) is 2.79. The number of benzene rings is 1. The predicted molar refractivity (Wildman–Crippen MR) is 83.1 cm³/mol. The summed E-state index contributed by atoms with van der Waals surface area (Å²) in [6, 6.07) is 12.4. The summed E-state index contributed by atoms with van der Waals surface area (Å²) >= 11 is 3.44. The van der Waals surface area contributed by atoms with Gasteiger partial charge in [0.15, 0.2) is 0 Å². The third kappa shape index (κ3) is 3.78. The molecule has 0 aliphatic rings. The Hall–Kier alpha value is -1.39. The van der Waals surface area contributed by atoms with E-state index in [9.17, 15) is 0 Å². The zero-order chi connectivity index (χ0) is 13.8. The quantitative estimate of drug-likeness (QED) is 0.937. The van der Waals surface area contributed by atoms with E-state index in [0.717, 1.165) is 22.4 Å². The standard InChI is InChI=1S/C15H18BrN3/c1-11(17)15-8-7-14(9-18-15)19(2)10-12-3-5-13(16)6-4-12/h3-9,11H,10,17H2,1-2H3/t11-/m1/s1. The summed E-state index contributed by atoms with van der Waals surface area (Å²) in [5, 5.41) is 0. The molecular formula is C15H18BrN3. The zero-order valence-electron chi connectivity index (χ0n) is 11.2. The highest BCUT2D eigenvalue weighted by Gasteiger charge is 2.05. The second kappa shape index (κ2) is 6.17. The molecule has 0 fully saturated rings. The molecule has 0 bridgehead atoms. The third-order valence-electron chi connectivity index (χ3n) is 3.01. The molecule has 100 valence electrons. The van der Waals surface area contributed by atoms with Crippen molar-refractivity contribution in [2.24, 2.45) is 5.73 Å². The van der Waals surface area contributed by atoms with E-state index in [0.29, 0.717) is 0 Å². The Balaban J connectivity index is 2.07. The van der Waals surface area contributed by atoms with E-state index in [-0.39, 0.29) is 6.04 Å². The number of nitrogens with zero attached hydrogens (tertiary/aromatic N) is 2. The van der Waals surface area contributed by atoms with E-state index in [1.165, 1.54) is 5.56 Å². The minimum absolute atomic E-state index is 0.0224. The van der Waals surface area contributed by atoms with Crippen molar-refractivity contribution >= 4 is 21.6 Å². The van der Waals surface area contributed by atoms with Gasteiger partial charge in [-0.05, 0) is 36.8 Å².